The Bertz CT molecular complexity index is 1440. The highest BCUT2D eigenvalue weighted by molar-refractivity contribution is 6.62. The number of hydrogen-bond donors (Lipinski definition) is 2. The quantitative estimate of drug-likeness (QED) is 0.441. The number of nitriles is 1. The first-order chi connectivity index (χ1) is 18.8. The van der Waals surface area contributed by atoms with Gasteiger partial charge >= 0.3 is 7.12 Å². The van der Waals surface area contributed by atoms with E-state index in [1.165, 1.54) is 12.1 Å². The number of aliphatic hydroxyl groups excluding tert-OH is 1. The van der Waals surface area contributed by atoms with Gasteiger partial charge in [-0.15, -0.1) is 0 Å². The van der Waals surface area contributed by atoms with Gasteiger partial charge in [-0.1, -0.05) is 26.0 Å². The maximum atomic E-state index is 13.7. The minimum Gasteiger partial charge on any atom is -0.511 e. The van der Waals surface area contributed by atoms with Gasteiger partial charge in [-0.2, -0.15) is 5.26 Å². The summed E-state index contributed by atoms with van der Waals surface area (Å²) in [7, 11) is -0.474. The highest BCUT2D eigenvalue weighted by atomic mass is 19.1. The molecular weight excluding hydrogens is 504 g/mol. The summed E-state index contributed by atoms with van der Waals surface area (Å²) in [5, 5.41) is 20.6. The zero-order valence-corrected chi connectivity index (χ0v) is 24.1. The molecule has 0 unspecified atom stereocenters. The Morgan fingerprint density at radius 3 is 2.23 bits per heavy atom. The number of rotatable bonds is 3. The van der Waals surface area contributed by atoms with Crippen LogP contribution in [0.2, 0.25) is 0 Å². The minimum absolute atomic E-state index is 0.0807. The van der Waals surface area contributed by atoms with Crippen molar-refractivity contribution in [2.75, 3.05) is 0 Å². The molecule has 1 aliphatic heterocycles. The number of hydrogen-bond acceptors (Lipinski definition) is 6. The number of halogens is 1. The first-order valence-electron chi connectivity index (χ1n) is 13.9. The summed E-state index contributed by atoms with van der Waals surface area (Å²) < 4.78 is 26.1. The van der Waals surface area contributed by atoms with E-state index in [1.807, 2.05) is 58.9 Å². The number of nitrogens with two attached hydrogens (primary N) is 1. The van der Waals surface area contributed by atoms with Crippen LogP contribution < -0.4 is 11.2 Å². The van der Waals surface area contributed by atoms with E-state index < -0.39 is 23.7 Å². The number of allylic oxidation sites excluding steroid dienone is 3. The van der Waals surface area contributed by atoms with Gasteiger partial charge in [0, 0.05) is 17.0 Å². The molecule has 2 aliphatic carbocycles. The van der Waals surface area contributed by atoms with Gasteiger partial charge < -0.3 is 20.1 Å². The molecule has 8 heteroatoms. The van der Waals surface area contributed by atoms with Crippen LogP contribution in [0.1, 0.15) is 66.4 Å². The Kier molecular flexibility index (Phi) is 6.96. The van der Waals surface area contributed by atoms with Gasteiger partial charge in [0.05, 0.1) is 34.2 Å². The van der Waals surface area contributed by atoms with Crippen LogP contribution in [0.3, 0.4) is 0 Å². The molecule has 2 aromatic rings. The van der Waals surface area contributed by atoms with Gasteiger partial charge in [0.1, 0.15) is 11.6 Å². The zero-order chi connectivity index (χ0) is 29.0. The molecule has 2 fully saturated rings. The van der Waals surface area contributed by atoms with Crippen LogP contribution in [0.5, 0.6) is 0 Å². The fourth-order valence-corrected chi connectivity index (χ4v) is 6.37. The third kappa shape index (κ3) is 4.65. The molecule has 1 heterocycles. The Morgan fingerprint density at radius 1 is 1.05 bits per heavy atom. The summed E-state index contributed by atoms with van der Waals surface area (Å²) >= 11 is 0. The van der Waals surface area contributed by atoms with Crippen LogP contribution in [-0.2, 0) is 9.31 Å². The third-order valence-electron chi connectivity index (χ3n) is 9.51. The molecule has 0 spiro atoms. The third-order valence-corrected chi connectivity index (χ3v) is 9.51. The molecule has 6 nitrogen and oxygen atoms in total. The number of nitrogens with zero attached hydrogens (tertiary/aromatic N) is 2. The Morgan fingerprint density at radius 2 is 1.65 bits per heavy atom. The van der Waals surface area contributed by atoms with Crippen molar-refractivity contribution in [3.05, 3.63) is 76.8 Å². The molecule has 40 heavy (non-hydrogen) atoms. The standard InChI is InChI=1S/C32H37BFN3O3/c1-19-26-16-15-25(27(36)20-7-11-23(34)12-8-20)29(32(26,6)17-21(18-35)28(19)38)37-24-13-9-22(10-14-24)33-39-30(2,3)31(4,5)40-33/h7-14,19,26,38H,15-17,36H2,1-6H3/t19-,26-,32-/m1/s1. The van der Waals surface area contributed by atoms with E-state index in [1.54, 1.807) is 12.1 Å². The molecule has 2 aromatic carbocycles. The van der Waals surface area contributed by atoms with Crippen LogP contribution in [0, 0.1) is 34.4 Å². The van der Waals surface area contributed by atoms with Gasteiger partial charge in [-0.05, 0) is 106 Å². The summed E-state index contributed by atoms with van der Waals surface area (Å²) in [6, 6.07) is 16.2. The Balaban J connectivity index is 1.59. The zero-order valence-electron chi connectivity index (χ0n) is 24.1. The summed E-state index contributed by atoms with van der Waals surface area (Å²) in [4.78, 5) is 5.18. The van der Waals surface area contributed by atoms with Crippen LogP contribution in [0.15, 0.2) is 70.4 Å². The van der Waals surface area contributed by atoms with Gasteiger partial charge in [-0.3, -0.25) is 4.99 Å². The van der Waals surface area contributed by atoms with Crippen molar-refractivity contribution in [1.82, 2.24) is 0 Å². The number of benzene rings is 2. The van der Waals surface area contributed by atoms with Crippen LogP contribution >= 0.6 is 0 Å². The summed E-state index contributed by atoms with van der Waals surface area (Å²) in [5.41, 5.74) is 10.4. The fourth-order valence-electron chi connectivity index (χ4n) is 6.37. The van der Waals surface area contributed by atoms with Crippen LogP contribution in [0.25, 0.3) is 5.70 Å². The Hall–Kier alpha value is -3.41. The number of aliphatic hydroxyl groups is 1. The summed E-state index contributed by atoms with van der Waals surface area (Å²) in [5.74, 6) is -0.251. The second kappa shape index (κ2) is 9.90. The average Bonchev–Trinajstić information content (AvgIpc) is 3.14. The van der Waals surface area contributed by atoms with Crippen LogP contribution in [0.4, 0.5) is 10.1 Å². The van der Waals surface area contributed by atoms with Gasteiger partial charge in [0.2, 0.25) is 0 Å². The molecule has 0 bridgehead atoms. The summed E-state index contributed by atoms with van der Waals surface area (Å²) in [6.45, 7) is 12.2. The lowest BCUT2D eigenvalue weighted by Gasteiger charge is -2.49. The van der Waals surface area contributed by atoms with Gasteiger partial charge in [0.25, 0.3) is 0 Å². The second-order valence-corrected chi connectivity index (χ2v) is 12.5. The minimum atomic E-state index is -0.528. The smallest absolute Gasteiger partial charge is 0.494 e. The molecule has 3 N–H and O–H groups in total. The molecule has 0 amide bonds. The van der Waals surface area contributed by atoms with Crippen molar-refractivity contribution in [3.8, 4) is 6.07 Å². The predicted molar refractivity (Wildman–Crippen MR) is 157 cm³/mol. The molecule has 1 saturated heterocycles. The molecule has 3 aliphatic rings. The second-order valence-electron chi connectivity index (χ2n) is 12.5. The van der Waals surface area contributed by atoms with E-state index >= 15 is 0 Å². The van der Waals surface area contributed by atoms with E-state index in [9.17, 15) is 14.8 Å². The molecule has 1 saturated carbocycles. The molecule has 0 aromatic heterocycles. The summed E-state index contributed by atoms with van der Waals surface area (Å²) in [6.07, 6.45) is 1.82. The first-order valence-corrected chi connectivity index (χ1v) is 13.9. The monoisotopic (exact) mass is 541 g/mol. The highest BCUT2D eigenvalue weighted by Gasteiger charge is 2.52. The van der Waals surface area contributed by atoms with E-state index in [0.717, 1.165) is 34.4 Å². The molecule has 208 valence electrons. The topological polar surface area (TPSA) is 101 Å². The van der Waals surface area contributed by atoms with Crippen molar-refractivity contribution in [2.45, 2.75) is 72.0 Å². The van der Waals surface area contributed by atoms with Gasteiger partial charge in [0.15, 0.2) is 0 Å². The van der Waals surface area contributed by atoms with Crippen LogP contribution in [-0.4, -0.2) is 29.1 Å². The average molecular weight is 541 g/mol. The lowest BCUT2D eigenvalue weighted by Crippen LogP contribution is -2.47. The van der Waals surface area contributed by atoms with Crippen molar-refractivity contribution >= 4 is 29.7 Å². The van der Waals surface area contributed by atoms with E-state index in [2.05, 4.69) is 13.0 Å². The molecule has 5 rings (SSSR count). The fraction of sp³-hybridized carbons (Fsp3) is 0.438. The normalized spacial score (nSPS) is 29.8. The maximum Gasteiger partial charge on any atom is 0.494 e. The maximum absolute atomic E-state index is 13.7. The number of fused-ring (bicyclic) bond motifs is 1. The lowest BCUT2D eigenvalue weighted by atomic mass is 9.55. The molecular formula is C32H37BFN3O3. The van der Waals surface area contributed by atoms with Crippen molar-refractivity contribution in [3.63, 3.8) is 0 Å². The van der Waals surface area contributed by atoms with Crippen molar-refractivity contribution < 1.29 is 18.8 Å². The van der Waals surface area contributed by atoms with E-state index in [0.29, 0.717) is 24.1 Å². The van der Waals surface area contributed by atoms with Crippen molar-refractivity contribution in [2.24, 2.45) is 28.0 Å². The lowest BCUT2D eigenvalue weighted by molar-refractivity contribution is 0.00578. The van der Waals surface area contributed by atoms with E-state index in [-0.39, 0.29) is 23.4 Å². The van der Waals surface area contributed by atoms with Crippen molar-refractivity contribution in [1.29, 1.82) is 5.26 Å². The predicted octanol–water partition coefficient (Wildman–Crippen LogP) is 6.36. The molecule has 0 radical (unpaired) electrons. The first kappa shape index (κ1) is 28.1. The highest BCUT2D eigenvalue weighted by Crippen LogP contribution is 2.54. The number of aliphatic imine (C=N–C) groups is 1. The van der Waals surface area contributed by atoms with Gasteiger partial charge in [-0.25, -0.2) is 4.39 Å². The Labute approximate surface area is 236 Å². The molecule has 3 atom stereocenters. The largest absolute Gasteiger partial charge is 0.511 e. The van der Waals surface area contributed by atoms with E-state index in [4.69, 9.17) is 20.0 Å². The SMILES string of the molecule is C[C@H]1C(O)=C(C#N)C[C@@]2(C)C(=Nc3ccc(B4OC(C)(C)C(C)(C)O4)cc3)C(=C(N)c3ccc(F)cc3)CC[C@H]12.